The van der Waals surface area contributed by atoms with Gasteiger partial charge in [0.25, 0.3) is 0 Å². The molecule has 0 aliphatic carbocycles. The summed E-state index contributed by atoms with van der Waals surface area (Å²) in [4.78, 5) is 16.3. The highest BCUT2D eigenvalue weighted by molar-refractivity contribution is 7.99. The average molecular weight is 280 g/mol. The second kappa shape index (κ2) is 5.51. The summed E-state index contributed by atoms with van der Waals surface area (Å²) in [7, 11) is 0. The van der Waals surface area contributed by atoms with Crippen LogP contribution in [0.15, 0.2) is 24.3 Å². The van der Waals surface area contributed by atoms with E-state index >= 15 is 0 Å². The van der Waals surface area contributed by atoms with E-state index in [1.165, 1.54) is 6.07 Å². The van der Waals surface area contributed by atoms with Gasteiger partial charge in [0.15, 0.2) is 0 Å². The standard InChI is InChI=1S/C14H17FN2OS/c15-11-3-1-2-4-12(11)17-6-5-13(14(17)18)16-7-9-19-10-8-16/h1-4,13H,5-10H2/t13-/m0/s1. The topological polar surface area (TPSA) is 23.6 Å². The molecule has 0 aromatic heterocycles. The van der Waals surface area contributed by atoms with Gasteiger partial charge in [-0.2, -0.15) is 11.8 Å². The van der Waals surface area contributed by atoms with Crippen LogP contribution in [0.5, 0.6) is 0 Å². The summed E-state index contributed by atoms with van der Waals surface area (Å²) in [5.41, 5.74) is 0.418. The SMILES string of the molecule is O=C1[C@@H](N2CCSCC2)CCN1c1ccccc1F. The molecule has 1 amide bonds. The number of para-hydroxylation sites is 1. The van der Waals surface area contributed by atoms with Gasteiger partial charge in [0.05, 0.1) is 11.7 Å². The molecular weight excluding hydrogens is 263 g/mol. The Bertz CT molecular complexity index is 476. The van der Waals surface area contributed by atoms with Gasteiger partial charge in [0.1, 0.15) is 5.82 Å². The summed E-state index contributed by atoms with van der Waals surface area (Å²) in [6, 6.07) is 6.46. The lowest BCUT2D eigenvalue weighted by Crippen LogP contribution is -2.45. The van der Waals surface area contributed by atoms with Crippen molar-refractivity contribution in [2.75, 3.05) is 36.0 Å². The molecule has 102 valence electrons. The quantitative estimate of drug-likeness (QED) is 0.827. The maximum atomic E-state index is 13.8. The van der Waals surface area contributed by atoms with E-state index in [0.717, 1.165) is 31.0 Å². The number of hydrogen-bond acceptors (Lipinski definition) is 3. The van der Waals surface area contributed by atoms with Gasteiger partial charge >= 0.3 is 0 Å². The molecule has 0 saturated carbocycles. The van der Waals surface area contributed by atoms with Crippen LogP contribution >= 0.6 is 11.8 Å². The zero-order chi connectivity index (χ0) is 13.2. The fourth-order valence-electron chi connectivity index (χ4n) is 2.80. The van der Waals surface area contributed by atoms with E-state index in [-0.39, 0.29) is 17.8 Å². The summed E-state index contributed by atoms with van der Waals surface area (Å²) < 4.78 is 13.8. The van der Waals surface area contributed by atoms with E-state index in [1.54, 1.807) is 23.1 Å². The second-order valence-electron chi connectivity index (χ2n) is 4.89. The minimum atomic E-state index is -0.314. The number of carbonyl (C=O) groups is 1. The molecule has 0 N–H and O–H groups in total. The molecule has 2 saturated heterocycles. The van der Waals surface area contributed by atoms with Crippen LogP contribution in [0.1, 0.15) is 6.42 Å². The first-order valence-electron chi connectivity index (χ1n) is 6.65. The lowest BCUT2D eigenvalue weighted by molar-refractivity contribution is -0.121. The molecule has 2 aliphatic heterocycles. The Morgan fingerprint density at radius 1 is 1.16 bits per heavy atom. The largest absolute Gasteiger partial charge is 0.308 e. The molecule has 3 rings (SSSR count). The van der Waals surface area contributed by atoms with Crippen molar-refractivity contribution in [2.24, 2.45) is 0 Å². The maximum Gasteiger partial charge on any atom is 0.244 e. The highest BCUT2D eigenvalue weighted by Gasteiger charge is 2.37. The van der Waals surface area contributed by atoms with Gasteiger partial charge < -0.3 is 4.90 Å². The smallest absolute Gasteiger partial charge is 0.244 e. The van der Waals surface area contributed by atoms with Crippen molar-refractivity contribution < 1.29 is 9.18 Å². The van der Waals surface area contributed by atoms with Crippen molar-refractivity contribution in [3.63, 3.8) is 0 Å². The van der Waals surface area contributed by atoms with Crippen LogP contribution in [0.25, 0.3) is 0 Å². The van der Waals surface area contributed by atoms with E-state index in [1.807, 2.05) is 11.8 Å². The maximum absolute atomic E-state index is 13.8. The minimum Gasteiger partial charge on any atom is -0.308 e. The molecule has 0 unspecified atom stereocenters. The monoisotopic (exact) mass is 280 g/mol. The van der Waals surface area contributed by atoms with Crippen molar-refractivity contribution in [1.29, 1.82) is 0 Å². The van der Waals surface area contributed by atoms with Crippen molar-refractivity contribution in [2.45, 2.75) is 12.5 Å². The van der Waals surface area contributed by atoms with Crippen LogP contribution in [0.3, 0.4) is 0 Å². The lowest BCUT2D eigenvalue weighted by Gasteiger charge is -2.30. The van der Waals surface area contributed by atoms with Crippen molar-refractivity contribution in [1.82, 2.24) is 4.90 Å². The van der Waals surface area contributed by atoms with Crippen molar-refractivity contribution >= 4 is 23.4 Å². The number of benzene rings is 1. The molecule has 3 nitrogen and oxygen atoms in total. The fraction of sp³-hybridized carbons (Fsp3) is 0.500. The van der Waals surface area contributed by atoms with E-state index in [9.17, 15) is 9.18 Å². The van der Waals surface area contributed by atoms with Crippen LogP contribution in [0.2, 0.25) is 0 Å². The van der Waals surface area contributed by atoms with E-state index in [0.29, 0.717) is 12.2 Å². The zero-order valence-electron chi connectivity index (χ0n) is 10.7. The fourth-order valence-corrected chi connectivity index (χ4v) is 3.73. The Hall–Kier alpha value is -1.07. The van der Waals surface area contributed by atoms with Crippen molar-refractivity contribution in [3.8, 4) is 0 Å². The van der Waals surface area contributed by atoms with Crippen LogP contribution in [-0.2, 0) is 4.79 Å². The van der Waals surface area contributed by atoms with Gasteiger partial charge in [-0.3, -0.25) is 9.69 Å². The number of carbonyl (C=O) groups excluding carboxylic acids is 1. The first-order chi connectivity index (χ1) is 9.27. The predicted octanol–water partition coefficient (Wildman–Crippen LogP) is 1.98. The van der Waals surface area contributed by atoms with Gasteiger partial charge in [-0.1, -0.05) is 12.1 Å². The molecule has 0 radical (unpaired) electrons. The number of hydrogen-bond donors (Lipinski definition) is 0. The second-order valence-corrected chi connectivity index (χ2v) is 6.12. The highest BCUT2D eigenvalue weighted by Crippen LogP contribution is 2.27. The number of halogens is 1. The van der Waals surface area contributed by atoms with Crippen LogP contribution in [0, 0.1) is 5.82 Å². The van der Waals surface area contributed by atoms with Crippen LogP contribution in [-0.4, -0.2) is 48.0 Å². The molecule has 2 aliphatic rings. The van der Waals surface area contributed by atoms with E-state index in [2.05, 4.69) is 4.90 Å². The van der Waals surface area contributed by atoms with Crippen LogP contribution in [0.4, 0.5) is 10.1 Å². The first-order valence-corrected chi connectivity index (χ1v) is 7.80. The zero-order valence-corrected chi connectivity index (χ0v) is 11.5. The van der Waals surface area contributed by atoms with Gasteiger partial charge in [-0.25, -0.2) is 4.39 Å². The summed E-state index contributed by atoms with van der Waals surface area (Å²) in [5, 5.41) is 0. The molecule has 5 heteroatoms. The minimum absolute atomic E-state index is 0.0528. The number of nitrogens with zero attached hydrogens (tertiary/aromatic N) is 2. The molecular formula is C14H17FN2OS. The number of anilines is 1. The lowest BCUT2D eigenvalue weighted by atomic mass is 10.2. The molecule has 0 spiro atoms. The average Bonchev–Trinajstić information content (AvgIpc) is 2.82. The Kier molecular flexibility index (Phi) is 3.75. The molecule has 2 fully saturated rings. The van der Waals surface area contributed by atoms with Gasteiger partial charge in [-0.15, -0.1) is 0 Å². The third kappa shape index (κ3) is 2.49. The first kappa shape index (κ1) is 12.9. The Balaban J connectivity index is 1.76. The third-order valence-electron chi connectivity index (χ3n) is 3.81. The van der Waals surface area contributed by atoms with Crippen LogP contribution < -0.4 is 4.90 Å². The number of thioether (sulfide) groups is 1. The highest BCUT2D eigenvalue weighted by atomic mass is 32.2. The molecule has 1 atom stereocenters. The molecule has 0 bridgehead atoms. The molecule has 19 heavy (non-hydrogen) atoms. The number of amides is 1. The normalized spacial score (nSPS) is 25.0. The van der Waals surface area contributed by atoms with Gasteiger partial charge in [-0.05, 0) is 18.6 Å². The molecule has 2 heterocycles. The van der Waals surface area contributed by atoms with Crippen molar-refractivity contribution in [3.05, 3.63) is 30.1 Å². The van der Waals surface area contributed by atoms with Gasteiger partial charge in [0.2, 0.25) is 5.91 Å². The summed E-state index contributed by atoms with van der Waals surface area (Å²) >= 11 is 1.93. The Labute approximate surface area is 116 Å². The van der Waals surface area contributed by atoms with E-state index in [4.69, 9.17) is 0 Å². The summed E-state index contributed by atoms with van der Waals surface area (Å²) in [6.45, 7) is 2.55. The Morgan fingerprint density at radius 2 is 1.89 bits per heavy atom. The summed E-state index contributed by atoms with van der Waals surface area (Å²) in [5.74, 6) is 1.91. The molecule has 1 aromatic carbocycles. The predicted molar refractivity (Wildman–Crippen MR) is 76.1 cm³/mol. The Morgan fingerprint density at radius 3 is 2.63 bits per heavy atom. The summed E-state index contributed by atoms with van der Waals surface area (Å²) in [6.07, 6.45) is 0.803. The van der Waals surface area contributed by atoms with E-state index < -0.39 is 0 Å². The number of rotatable bonds is 2. The molecule has 1 aromatic rings. The third-order valence-corrected chi connectivity index (χ3v) is 4.75. The van der Waals surface area contributed by atoms with Gasteiger partial charge in [0, 0.05) is 31.1 Å².